The smallest absolute Gasteiger partial charge is 0.265 e. The van der Waals surface area contributed by atoms with Gasteiger partial charge in [0.25, 0.3) is 11.8 Å². The number of carbonyl (C=O) groups excluding carboxylic acids is 2. The monoisotopic (exact) mass is 442 g/mol. The first-order valence-electron chi connectivity index (χ1n) is 9.81. The number of rotatable bonds is 5. The zero-order chi connectivity index (χ0) is 22.0. The van der Waals surface area contributed by atoms with Gasteiger partial charge in [-0.1, -0.05) is 13.0 Å². The third kappa shape index (κ3) is 4.74. The lowest BCUT2D eigenvalue weighted by Gasteiger charge is -2.23. The molecule has 0 radical (unpaired) electrons. The number of anilines is 1. The lowest BCUT2D eigenvalue weighted by molar-refractivity contribution is -0.139. The number of benzene rings is 2. The third-order valence-electron chi connectivity index (χ3n) is 4.95. The van der Waals surface area contributed by atoms with Gasteiger partial charge in [0.15, 0.2) is 6.10 Å². The zero-order valence-corrected chi connectivity index (χ0v) is 17.5. The molecule has 1 aromatic heterocycles. The Hall–Kier alpha value is -3.26. The van der Waals surface area contributed by atoms with Gasteiger partial charge < -0.3 is 15.0 Å². The van der Waals surface area contributed by atoms with E-state index >= 15 is 0 Å². The lowest BCUT2D eigenvalue weighted by Crippen LogP contribution is -2.38. The maximum atomic E-state index is 13.6. The Kier molecular flexibility index (Phi) is 5.99. The van der Waals surface area contributed by atoms with Gasteiger partial charge in [0.2, 0.25) is 0 Å². The van der Waals surface area contributed by atoms with Crippen molar-refractivity contribution < 1.29 is 23.1 Å². The number of nitrogens with zero attached hydrogens (tertiary/aromatic N) is 1. The molecule has 1 unspecified atom stereocenters. The van der Waals surface area contributed by atoms with E-state index in [0.717, 1.165) is 6.07 Å². The van der Waals surface area contributed by atoms with Crippen LogP contribution in [0, 0.1) is 11.6 Å². The Morgan fingerprint density at radius 3 is 2.65 bits per heavy atom. The molecule has 3 aromatic rings. The highest BCUT2D eigenvalue weighted by Crippen LogP contribution is 2.30. The second-order valence-electron chi connectivity index (χ2n) is 7.24. The summed E-state index contributed by atoms with van der Waals surface area (Å²) in [6, 6.07) is 11.9. The van der Waals surface area contributed by atoms with Gasteiger partial charge in [-0.25, -0.2) is 8.78 Å². The second-order valence-corrected chi connectivity index (χ2v) is 8.19. The molecule has 5 nitrogen and oxygen atoms in total. The predicted octanol–water partition coefficient (Wildman–Crippen LogP) is 4.98. The number of nitrogens with one attached hydrogen (secondary N) is 1. The summed E-state index contributed by atoms with van der Waals surface area (Å²) in [7, 11) is 0. The fraction of sp³-hybridized carbons (Fsp3) is 0.217. The maximum Gasteiger partial charge on any atom is 0.265 e. The molecule has 160 valence electrons. The van der Waals surface area contributed by atoms with Crippen LogP contribution in [0.4, 0.5) is 14.5 Å². The molecule has 0 saturated heterocycles. The van der Waals surface area contributed by atoms with Crippen molar-refractivity contribution >= 4 is 28.8 Å². The number of thiophene rings is 1. The van der Waals surface area contributed by atoms with Crippen molar-refractivity contribution in [3.63, 3.8) is 0 Å². The highest BCUT2D eigenvalue weighted by molar-refractivity contribution is 7.12. The van der Waals surface area contributed by atoms with E-state index in [0.29, 0.717) is 33.9 Å². The van der Waals surface area contributed by atoms with Crippen molar-refractivity contribution in [3.8, 4) is 5.75 Å². The summed E-state index contributed by atoms with van der Waals surface area (Å²) in [5.41, 5.74) is 1.62. The molecule has 0 saturated carbocycles. The molecule has 0 spiro atoms. The molecule has 0 bridgehead atoms. The van der Waals surface area contributed by atoms with Crippen LogP contribution in [0.5, 0.6) is 5.75 Å². The first-order valence-corrected chi connectivity index (χ1v) is 10.7. The average Bonchev–Trinajstić information content (AvgIpc) is 3.22. The standard InChI is InChI=1S/C23H20F2N2O3S/c1-2-19-23(29)27(12-14-8-16(24)11-17(25)9-14)13-15-10-18(5-6-20(15)30-19)26-22(28)21-4-3-7-31-21/h3-11,19H,2,12-13H2,1H3,(H,26,28). The Morgan fingerprint density at radius 2 is 1.97 bits per heavy atom. The Morgan fingerprint density at radius 1 is 1.19 bits per heavy atom. The van der Waals surface area contributed by atoms with Gasteiger partial charge in [-0.3, -0.25) is 9.59 Å². The number of halogens is 2. The van der Waals surface area contributed by atoms with Crippen LogP contribution in [-0.2, 0) is 17.9 Å². The summed E-state index contributed by atoms with van der Waals surface area (Å²) in [4.78, 5) is 27.4. The molecule has 8 heteroatoms. The van der Waals surface area contributed by atoms with Crippen molar-refractivity contribution in [1.29, 1.82) is 0 Å². The van der Waals surface area contributed by atoms with E-state index in [1.54, 1.807) is 30.3 Å². The Labute approximate surface area is 182 Å². The van der Waals surface area contributed by atoms with Gasteiger partial charge in [-0.15, -0.1) is 11.3 Å². The molecule has 1 N–H and O–H groups in total. The summed E-state index contributed by atoms with van der Waals surface area (Å²) in [6.45, 7) is 2.06. The summed E-state index contributed by atoms with van der Waals surface area (Å²) >= 11 is 1.34. The highest BCUT2D eigenvalue weighted by atomic mass is 32.1. The molecule has 2 heterocycles. The first kappa shape index (κ1) is 21.0. The SMILES string of the molecule is CCC1Oc2ccc(NC(=O)c3cccs3)cc2CN(Cc2cc(F)cc(F)c2)C1=O. The second kappa shape index (κ2) is 8.85. The number of amides is 2. The van der Waals surface area contributed by atoms with Gasteiger partial charge in [-0.05, 0) is 53.8 Å². The van der Waals surface area contributed by atoms with Gasteiger partial charge >= 0.3 is 0 Å². The summed E-state index contributed by atoms with van der Waals surface area (Å²) in [5.74, 6) is -1.33. The van der Waals surface area contributed by atoms with E-state index in [-0.39, 0.29) is 24.9 Å². The molecule has 1 atom stereocenters. The minimum Gasteiger partial charge on any atom is -0.480 e. The summed E-state index contributed by atoms with van der Waals surface area (Å²) in [5, 5.41) is 4.67. The molecular formula is C23H20F2N2O3S. The summed E-state index contributed by atoms with van der Waals surface area (Å²) in [6.07, 6.45) is -0.255. The van der Waals surface area contributed by atoms with Gasteiger partial charge in [0.05, 0.1) is 4.88 Å². The average molecular weight is 442 g/mol. The van der Waals surface area contributed by atoms with Crippen LogP contribution in [0.15, 0.2) is 53.9 Å². The van der Waals surface area contributed by atoms with Crippen LogP contribution in [0.1, 0.15) is 34.1 Å². The van der Waals surface area contributed by atoms with Crippen LogP contribution in [0.2, 0.25) is 0 Å². The van der Waals surface area contributed by atoms with Crippen LogP contribution in [0.3, 0.4) is 0 Å². The van der Waals surface area contributed by atoms with Crippen molar-refractivity contribution in [2.24, 2.45) is 0 Å². The lowest BCUT2D eigenvalue weighted by atomic mass is 10.1. The first-order chi connectivity index (χ1) is 14.9. The van der Waals surface area contributed by atoms with E-state index < -0.39 is 17.7 Å². The Bertz CT molecular complexity index is 1100. The van der Waals surface area contributed by atoms with Crippen LogP contribution in [0.25, 0.3) is 0 Å². The number of hydrogen-bond acceptors (Lipinski definition) is 4. The largest absolute Gasteiger partial charge is 0.480 e. The van der Waals surface area contributed by atoms with Gasteiger partial charge in [-0.2, -0.15) is 0 Å². The number of carbonyl (C=O) groups is 2. The molecule has 31 heavy (non-hydrogen) atoms. The fourth-order valence-electron chi connectivity index (χ4n) is 3.50. The molecule has 2 amide bonds. The molecule has 2 aromatic carbocycles. The quantitative estimate of drug-likeness (QED) is 0.606. The van der Waals surface area contributed by atoms with E-state index in [1.807, 2.05) is 12.3 Å². The van der Waals surface area contributed by atoms with Crippen molar-refractivity contribution in [1.82, 2.24) is 4.90 Å². The minimum atomic E-state index is -0.703. The fourth-order valence-corrected chi connectivity index (χ4v) is 4.12. The molecule has 1 aliphatic heterocycles. The van der Waals surface area contributed by atoms with Crippen LogP contribution < -0.4 is 10.1 Å². The number of hydrogen-bond donors (Lipinski definition) is 1. The number of ether oxygens (including phenoxy) is 1. The van der Waals surface area contributed by atoms with Crippen molar-refractivity contribution in [3.05, 3.63) is 81.5 Å². The van der Waals surface area contributed by atoms with E-state index in [1.165, 1.54) is 28.4 Å². The molecule has 1 aliphatic rings. The van der Waals surface area contributed by atoms with Gasteiger partial charge in [0, 0.05) is 30.4 Å². The number of fused-ring (bicyclic) bond motifs is 1. The van der Waals surface area contributed by atoms with E-state index in [9.17, 15) is 18.4 Å². The minimum absolute atomic E-state index is 0.0403. The van der Waals surface area contributed by atoms with E-state index in [2.05, 4.69) is 5.32 Å². The molecular weight excluding hydrogens is 422 g/mol. The van der Waals surface area contributed by atoms with E-state index in [4.69, 9.17) is 4.74 Å². The van der Waals surface area contributed by atoms with Crippen molar-refractivity contribution in [2.75, 3.05) is 5.32 Å². The highest BCUT2D eigenvalue weighted by Gasteiger charge is 2.30. The normalized spacial score (nSPS) is 15.8. The summed E-state index contributed by atoms with van der Waals surface area (Å²) < 4.78 is 33.2. The molecule has 0 aliphatic carbocycles. The predicted molar refractivity (Wildman–Crippen MR) is 114 cm³/mol. The van der Waals surface area contributed by atoms with Crippen LogP contribution >= 0.6 is 11.3 Å². The molecule has 4 rings (SSSR count). The van der Waals surface area contributed by atoms with Crippen LogP contribution in [-0.4, -0.2) is 22.8 Å². The third-order valence-corrected chi connectivity index (χ3v) is 5.82. The maximum absolute atomic E-state index is 13.6. The Balaban J connectivity index is 1.61. The topological polar surface area (TPSA) is 58.6 Å². The zero-order valence-electron chi connectivity index (χ0n) is 16.7. The molecule has 0 fully saturated rings. The van der Waals surface area contributed by atoms with Gasteiger partial charge in [0.1, 0.15) is 17.4 Å². The van der Waals surface area contributed by atoms with Crippen molar-refractivity contribution in [2.45, 2.75) is 32.5 Å².